The predicted molar refractivity (Wildman–Crippen MR) is 87.2 cm³/mol. The molecule has 8 heteroatoms. The summed E-state index contributed by atoms with van der Waals surface area (Å²) >= 11 is 0. The Kier molecular flexibility index (Phi) is 3.83. The Hall–Kier alpha value is -3.68. The molecule has 0 fully saturated rings. The van der Waals surface area contributed by atoms with Crippen LogP contribution in [0.2, 0.25) is 0 Å². The Bertz CT molecular complexity index is 973. The lowest BCUT2D eigenvalue weighted by atomic mass is 10.2. The summed E-state index contributed by atoms with van der Waals surface area (Å²) in [6.07, 6.45) is 1.55. The van der Waals surface area contributed by atoms with Gasteiger partial charge in [0.05, 0.1) is 12.8 Å². The molecule has 0 atom stereocenters. The Morgan fingerprint density at radius 2 is 2.04 bits per heavy atom. The van der Waals surface area contributed by atoms with Crippen molar-refractivity contribution in [2.75, 3.05) is 0 Å². The lowest BCUT2D eigenvalue weighted by Gasteiger charge is -1.97. The van der Waals surface area contributed by atoms with E-state index in [0.717, 1.165) is 5.56 Å². The van der Waals surface area contributed by atoms with E-state index in [2.05, 4.69) is 25.7 Å². The Balaban J connectivity index is 1.40. The molecule has 0 bridgehead atoms. The van der Waals surface area contributed by atoms with Crippen LogP contribution >= 0.6 is 0 Å². The third-order valence-corrected chi connectivity index (χ3v) is 3.50. The largest absolute Gasteiger partial charge is 0.463 e. The molecule has 0 aliphatic carbocycles. The van der Waals surface area contributed by atoms with E-state index in [9.17, 15) is 4.79 Å². The van der Waals surface area contributed by atoms with Crippen LogP contribution in [-0.4, -0.2) is 26.2 Å². The van der Waals surface area contributed by atoms with Crippen LogP contribution in [0, 0.1) is 0 Å². The van der Waals surface area contributed by atoms with E-state index < -0.39 is 0 Å². The van der Waals surface area contributed by atoms with Crippen molar-refractivity contribution in [3.63, 3.8) is 0 Å². The van der Waals surface area contributed by atoms with Crippen LogP contribution in [0.5, 0.6) is 0 Å². The molecule has 0 spiro atoms. The van der Waals surface area contributed by atoms with Crippen LogP contribution in [0.15, 0.2) is 63.7 Å². The highest BCUT2D eigenvalue weighted by atomic mass is 16.5. The summed E-state index contributed by atoms with van der Waals surface area (Å²) < 4.78 is 10.4. The molecule has 4 rings (SSSR count). The molecule has 4 aromatic rings. The zero-order chi connectivity index (χ0) is 17.1. The summed E-state index contributed by atoms with van der Waals surface area (Å²) in [4.78, 5) is 16.4. The number of amides is 1. The SMILES string of the molecule is O=C(NCc1nc(-c2ccccc2)no1)c1cc(-c2ccco2)[nH]n1. The van der Waals surface area contributed by atoms with Crippen LogP contribution in [0.1, 0.15) is 16.4 Å². The second-order valence-electron chi connectivity index (χ2n) is 5.20. The number of carbonyl (C=O) groups is 1. The third-order valence-electron chi connectivity index (χ3n) is 3.50. The molecule has 124 valence electrons. The molecule has 2 N–H and O–H groups in total. The summed E-state index contributed by atoms with van der Waals surface area (Å²) in [5, 5.41) is 13.3. The fourth-order valence-electron chi connectivity index (χ4n) is 2.27. The number of aromatic amines is 1. The second-order valence-corrected chi connectivity index (χ2v) is 5.20. The molecule has 0 saturated carbocycles. The van der Waals surface area contributed by atoms with Crippen molar-refractivity contribution in [1.82, 2.24) is 25.7 Å². The average Bonchev–Trinajstić information content (AvgIpc) is 3.41. The molecule has 8 nitrogen and oxygen atoms in total. The van der Waals surface area contributed by atoms with Gasteiger partial charge in [-0.3, -0.25) is 9.89 Å². The average molecular weight is 335 g/mol. The molecule has 0 radical (unpaired) electrons. The molecule has 1 amide bonds. The lowest BCUT2D eigenvalue weighted by molar-refractivity contribution is 0.0941. The number of nitrogens with zero attached hydrogens (tertiary/aromatic N) is 3. The number of carbonyl (C=O) groups excluding carboxylic acids is 1. The van der Waals surface area contributed by atoms with Crippen molar-refractivity contribution >= 4 is 5.91 Å². The first-order valence-electron chi connectivity index (χ1n) is 7.55. The van der Waals surface area contributed by atoms with Crippen LogP contribution in [0.25, 0.3) is 22.8 Å². The van der Waals surface area contributed by atoms with Gasteiger partial charge in [-0.05, 0) is 12.1 Å². The number of nitrogens with one attached hydrogen (secondary N) is 2. The smallest absolute Gasteiger partial charge is 0.272 e. The van der Waals surface area contributed by atoms with E-state index in [-0.39, 0.29) is 18.1 Å². The predicted octanol–water partition coefficient (Wildman–Crippen LogP) is 2.65. The van der Waals surface area contributed by atoms with E-state index in [1.165, 1.54) is 0 Å². The van der Waals surface area contributed by atoms with Crippen molar-refractivity contribution in [2.24, 2.45) is 0 Å². The minimum Gasteiger partial charge on any atom is -0.463 e. The van der Waals surface area contributed by atoms with Crippen molar-refractivity contribution < 1.29 is 13.7 Å². The Labute approximate surface area is 141 Å². The number of hydrogen-bond acceptors (Lipinski definition) is 6. The third kappa shape index (κ3) is 3.18. The highest BCUT2D eigenvalue weighted by Gasteiger charge is 2.14. The molecule has 0 aliphatic heterocycles. The van der Waals surface area contributed by atoms with E-state index in [4.69, 9.17) is 8.94 Å². The molecule has 0 aliphatic rings. The standard InChI is InChI=1S/C17H13N5O3/c23-17(13-9-12(20-21-13)14-7-4-8-24-14)18-10-15-19-16(22-25-15)11-5-2-1-3-6-11/h1-9H,10H2,(H,18,23)(H,20,21). The molecule has 3 aromatic heterocycles. The normalized spacial score (nSPS) is 10.7. The molecule has 3 heterocycles. The summed E-state index contributed by atoms with van der Waals surface area (Å²) in [7, 11) is 0. The van der Waals surface area contributed by atoms with Crippen molar-refractivity contribution in [3.05, 3.63) is 66.4 Å². The minimum absolute atomic E-state index is 0.113. The van der Waals surface area contributed by atoms with Gasteiger partial charge in [0.25, 0.3) is 5.91 Å². The first-order valence-corrected chi connectivity index (χ1v) is 7.55. The van der Waals surface area contributed by atoms with Crippen LogP contribution in [0.3, 0.4) is 0 Å². The van der Waals surface area contributed by atoms with E-state index in [1.54, 1.807) is 24.5 Å². The maximum absolute atomic E-state index is 12.2. The zero-order valence-electron chi connectivity index (χ0n) is 13.0. The number of H-pyrrole nitrogens is 1. The molecule has 1 aromatic carbocycles. The lowest BCUT2D eigenvalue weighted by Crippen LogP contribution is -2.23. The molecule has 0 unspecified atom stereocenters. The molecular weight excluding hydrogens is 322 g/mol. The highest BCUT2D eigenvalue weighted by molar-refractivity contribution is 5.93. The van der Waals surface area contributed by atoms with Gasteiger partial charge >= 0.3 is 0 Å². The Morgan fingerprint density at radius 3 is 2.84 bits per heavy atom. The van der Waals surface area contributed by atoms with E-state index in [0.29, 0.717) is 23.2 Å². The fourth-order valence-corrected chi connectivity index (χ4v) is 2.27. The van der Waals surface area contributed by atoms with Gasteiger partial charge in [-0.2, -0.15) is 10.1 Å². The van der Waals surface area contributed by atoms with Gasteiger partial charge < -0.3 is 14.3 Å². The summed E-state index contributed by atoms with van der Waals surface area (Å²) in [6, 6.07) is 14.6. The van der Waals surface area contributed by atoms with Gasteiger partial charge in [-0.25, -0.2) is 0 Å². The number of furan rings is 1. The number of hydrogen-bond donors (Lipinski definition) is 2. The van der Waals surface area contributed by atoms with Crippen LogP contribution in [-0.2, 0) is 6.54 Å². The first kappa shape index (κ1) is 14.9. The number of aromatic nitrogens is 4. The maximum atomic E-state index is 12.2. The van der Waals surface area contributed by atoms with Gasteiger partial charge in [0.2, 0.25) is 11.7 Å². The van der Waals surface area contributed by atoms with E-state index >= 15 is 0 Å². The highest BCUT2D eigenvalue weighted by Crippen LogP contribution is 2.18. The fraction of sp³-hybridized carbons (Fsp3) is 0.0588. The van der Waals surface area contributed by atoms with Gasteiger partial charge in [0, 0.05) is 11.6 Å². The molecule has 25 heavy (non-hydrogen) atoms. The zero-order valence-corrected chi connectivity index (χ0v) is 13.0. The maximum Gasteiger partial charge on any atom is 0.272 e. The van der Waals surface area contributed by atoms with Gasteiger partial charge in [-0.1, -0.05) is 35.5 Å². The van der Waals surface area contributed by atoms with Gasteiger partial charge in [0.15, 0.2) is 11.5 Å². The number of benzene rings is 1. The van der Waals surface area contributed by atoms with Crippen LogP contribution < -0.4 is 5.32 Å². The molecule has 0 saturated heterocycles. The first-order chi connectivity index (χ1) is 12.3. The monoisotopic (exact) mass is 335 g/mol. The second kappa shape index (κ2) is 6.44. The van der Waals surface area contributed by atoms with Crippen LogP contribution in [0.4, 0.5) is 0 Å². The summed E-state index contributed by atoms with van der Waals surface area (Å²) in [6.45, 7) is 0.113. The van der Waals surface area contributed by atoms with Crippen molar-refractivity contribution in [2.45, 2.75) is 6.54 Å². The van der Waals surface area contributed by atoms with Crippen molar-refractivity contribution in [1.29, 1.82) is 0 Å². The van der Waals surface area contributed by atoms with Gasteiger partial charge in [0.1, 0.15) is 5.69 Å². The van der Waals surface area contributed by atoms with E-state index in [1.807, 2.05) is 30.3 Å². The minimum atomic E-state index is -0.353. The number of rotatable bonds is 5. The summed E-state index contributed by atoms with van der Waals surface area (Å²) in [5.74, 6) is 1.04. The van der Waals surface area contributed by atoms with Gasteiger partial charge in [-0.15, -0.1) is 0 Å². The summed E-state index contributed by atoms with van der Waals surface area (Å²) in [5.41, 5.74) is 1.72. The van der Waals surface area contributed by atoms with Crippen molar-refractivity contribution in [3.8, 4) is 22.8 Å². The quantitative estimate of drug-likeness (QED) is 0.580. The molecular formula is C17H13N5O3. The topological polar surface area (TPSA) is 110 Å². The Morgan fingerprint density at radius 1 is 1.16 bits per heavy atom.